The molecule has 1 atom stereocenters. The molecular weight excluding hydrogens is 342 g/mol. The number of piperazine rings is 1. The second kappa shape index (κ2) is 9.74. The molecule has 0 N–H and O–H groups in total. The summed E-state index contributed by atoms with van der Waals surface area (Å²) in [5.41, 5.74) is 0. The van der Waals surface area contributed by atoms with Crippen molar-refractivity contribution in [2.24, 2.45) is 5.92 Å². The maximum atomic E-state index is 12.9. The number of nitrogens with zero attached hydrogens (tertiary/aromatic N) is 3. The number of ether oxygens (including phenoxy) is 1. The molecule has 0 saturated carbocycles. The van der Waals surface area contributed by atoms with Crippen LogP contribution in [0.25, 0.3) is 0 Å². The number of para-hydroxylation sites is 1. The van der Waals surface area contributed by atoms with E-state index >= 15 is 0 Å². The molecule has 2 heterocycles. The Bertz CT molecular complexity index is 614. The molecule has 2 aliphatic rings. The fraction of sp³-hybridized carbons (Fsp3) is 0.619. The van der Waals surface area contributed by atoms with Crippen molar-refractivity contribution in [3.8, 4) is 5.75 Å². The van der Waals surface area contributed by atoms with Crippen LogP contribution in [0.2, 0.25) is 0 Å². The maximum Gasteiger partial charge on any atom is 0.227 e. The van der Waals surface area contributed by atoms with Crippen LogP contribution in [0.5, 0.6) is 5.75 Å². The van der Waals surface area contributed by atoms with Gasteiger partial charge in [0, 0.05) is 52.2 Å². The predicted molar refractivity (Wildman–Crippen MR) is 105 cm³/mol. The van der Waals surface area contributed by atoms with E-state index in [1.54, 1.807) is 0 Å². The smallest absolute Gasteiger partial charge is 0.227 e. The molecule has 2 aliphatic heterocycles. The van der Waals surface area contributed by atoms with Gasteiger partial charge in [-0.25, -0.2) is 0 Å². The first-order chi connectivity index (χ1) is 13.2. The van der Waals surface area contributed by atoms with Gasteiger partial charge in [0.25, 0.3) is 0 Å². The van der Waals surface area contributed by atoms with Crippen LogP contribution in [0.4, 0.5) is 0 Å². The van der Waals surface area contributed by atoms with Crippen LogP contribution >= 0.6 is 0 Å². The predicted octanol–water partition coefficient (Wildman–Crippen LogP) is 1.86. The summed E-state index contributed by atoms with van der Waals surface area (Å²) in [6.07, 6.45) is 2.35. The Morgan fingerprint density at radius 2 is 1.78 bits per heavy atom. The molecule has 0 bridgehead atoms. The number of likely N-dealkylation sites (tertiary alicyclic amines) is 1. The minimum Gasteiger partial charge on any atom is -0.492 e. The number of hydrogen-bond donors (Lipinski definition) is 0. The number of amides is 2. The van der Waals surface area contributed by atoms with E-state index < -0.39 is 0 Å². The Morgan fingerprint density at radius 3 is 2.48 bits per heavy atom. The molecule has 1 aromatic rings. The number of carbonyl (C=O) groups excluding carboxylic acids is 2. The summed E-state index contributed by atoms with van der Waals surface area (Å²) in [6, 6.07) is 9.86. The first kappa shape index (κ1) is 19.7. The Hall–Kier alpha value is -2.08. The van der Waals surface area contributed by atoms with E-state index in [-0.39, 0.29) is 17.7 Å². The third-order valence-corrected chi connectivity index (χ3v) is 5.53. The van der Waals surface area contributed by atoms with Crippen LogP contribution in [-0.2, 0) is 9.59 Å². The Labute approximate surface area is 162 Å². The molecule has 6 heteroatoms. The second-order valence-electron chi connectivity index (χ2n) is 7.36. The minimum atomic E-state index is -0.0257. The van der Waals surface area contributed by atoms with Crippen molar-refractivity contribution < 1.29 is 14.3 Å². The van der Waals surface area contributed by atoms with Gasteiger partial charge in [-0.3, -0.25) is 14.5 Å². The second-order valence-corrected chi connectivity index (χ2v) is 7.36. The Kier molecular flexibility index (Phi) is 7.10. The molecule has 2 fully saturated rings. The molecule has 148 valence electrons. The third-order valence-electron chi connectivity index (χ3n) is 5.53. The van der Waals surface area contributed by atoms with E-state index in [4.69, 9.17) is 4.74 Å². The van der Waals surface area contributed by atoms with Crippen LogP contribution < -0.4 is 4.74 Å². The Balaban J connectivity index is 1.39. The zero-order chi connectivity index (χ0) is 19.1. The molecule has 6 nitrogen and oxygen atoms in total. The lowest BCUT2D eigenvalue weighted by Crippen LogP contribution is -2.53. The summed E-state index contributed by atoms with van der Waals surface area (Å²) in [5.74, 6) is 1.26. The van der Waals surface area contributed by atoms with Crippen molar-refractivity contribution in [2.75, 3.05) is 52.4 Å². The summed E-state index contributed by atoms with van der Waals surface area (Å²) < 4.78 is 5.76. The summed E-state index contributed by atoms with van der Waals surface area (Å²) in [7, 11) is 0. The van der Waals surface area contributed by atoms with E-state index in [1.807, 2.05) is 47.1 Å². The normalized spacial score (nSPS) is 21.1. The highest BCUT2D eigenvalue weighted by Gasteiger charge is 2.32. The first-order valence-corrected chi connectivity index (χ1v) is 10.1. The van der Waals surface area contributed by atoms with Gasteiger partial charge in [-0.2, -0.15) is 0 Å². The van der Waals surface area contributed by atoms with Gasteiger partial charge in [0.15, 0.2) is 0 Å². The highest BCUT2D eigenvalue weighted by Crippen LogP contribution is 2.20. The molecule has 2 amide bonds. The van der Waals surface area contributed by atoms with Crippen LogP contribution in [-0.4, -0.2) is 78.9 Å². The summed E-state index contributed by atoms with van der Waals surface area (Å²) in [6.45, 7) is 8.11. The molecule has 1 unspecified atom stereocenters. The van der Waals surface area contributed by atoms with Crippen molar-refractivity contribution in [1.82, 2.24) is 14.7 Å². The molecular formula is C21H31N3O3. The van der Waals surface area contributed by atoms with Crippen LogP contribution in [0.15, 0.2) is 30.3 Å². The minimum absolute atomic E-state index is 0.0257. The van der Waals surface area contributed by atoms with Gasteiger partial charge in [0.2, 0.25) is 11.8 Å². The maximum absolute atomic E-state index is 12.9. The Morgan fingerprint density at radius 1 is 1.04 bits per heavy atom. The zero-order valence-corrected chi connectivity index (χ0v) is 16.3. The highest BCUT2D eigenvalue weighted by atomic mass is 16.5. The van der Waals surface area contributed by atoms with E-state index in [9.17, 15) is 9.59 Å². The van der Waals surface area contributed by atoms with Gasteiger partial charge >= 0.3 is 0 Å². The first-order valence-electron chi connectivity index (χ1n) is 10.1. The van der Waals surface area contributed by atoms with Gasteiger partial charge < -0.3 is 14.5 Å². The topological polar surface area (TPSA) is 53.1 Å². The zero-order valence-electron chi connectivity index (χ0n) is 16.3. The van der Waals surface area contributed by atoms with E-state index in [2.05, 4.69) is 4.90 Å². The fourth-order valence-electron chi connectivity index (χ4n) is 3.89. The van der Waals surface area contributed by atoms with E-state index in [0.717, 1.165) is 57.9 Å². The third kappa shape index (κ3) is 5.45. The quantitative estimate of drug-likeness (QED) is 0.764. The lowest BCUT2D eigenvalue weighted by atomic mass is 9.96. The van der Waals surface area contributed by atoms with Gasteiger partial charge in [0.05, 0.1) is 5.92 Å². The molecule has 0 aliphatic carbocycles. The monoisotopic (exact) mass is 373 g/mol. The molecule has 0 spiro atoms. The number of piperidine rings is 1. The van der Waals surface area contributed by atoms with Gasteiger partial charge in [-0.1, -0.05) is 25.1 Å². The molecule has 2 saturated heterocycles. The van der Waals surface area contributed by atoms with E-state index in [1.165, 1.54) is 0 Å². The lowest BCUT2D eigenvalue weighted by molar-refractivity contribution is -0.142. The van der Waals surface area contributed by atoms with Crippen molar-refractivity contribution in [1.29, 1.82) is 0 Å². The van der Waals surface area contributed by atoms with Crippen molar-refractivity contribution in [2.45, 2.75) is 26.2 Å². The SMILES string of the molecule is CCC(=O)N1CCCC(C(=O)N2CCN(CCOc3ccccc3)CC2)C1. The standard InChI is InChI=1S/C21H31N3O3/c1-2-20(25)24-10-6-7-18(17-24)21(26)23-13-11-22(12-14-23)15-16-27-19-8-4-3-5-9-19/h3-5,8-9,18H,2,6-7,10-17H2,1H3. The van der Waals surface area contributed by atoms with Crippen LogP contribution in [0.3, 0.4) is 0 Å². The lowest BCUT2D eigenvalue weighted by Gasteiger charge is -2.39. The number of benzene rings is 1. The van der Waals surface area contributed by atoms with Crippen molar-refractivity contribution in [3.05, 3.63) is 30.3 Å². The molecule has 0 radical (unpaired) electrons. The number of rotatable bonds is 6. The fourth-order valence-corrected chi connectivity index (χ4v) is 3.89. The van der Waals surface area contributed by atoms with E-state index in [0.29, 0.717) is 19.6 Å². The van der Waals surface area contributed by atoms with Crippen LogP contribution in [0.1, 0.15) is 26.2 Å². The summed E-state index contributed by atoms with van der Waals surface area (Å²) in [4.78, 5) is 31.0. The van der Waals surface area contributed by atoms with Gasteiger partial charge in [-0.15, -0.1) is 0 Å². The molecule has 0 aromatic heterocycles. The van der Waals surface area contributed by atoms with Gasteiger partial charge in [-0.05, 0) is 25.0 Å². The van der Waals surface area contributed by atoms with Gasteiger partial charge in [0.1, 0.15) is 12.4 Å². The molecule has 27 heavy (non-hydrogen) atoms. The van der Waals surface area contributed by atoms with Crippen molar-refractivity contribution >= 4 is 11.8 Å². The summed E-state index contributed by atoms with van der Waals surface area (Å²) >= 11 is 0. The molecule has 1 aromatic carbocycles. The molecule has 3 rings (SSSR count). The van der Waals surface area contributed by atoms with Crippen LogP contribution in [0, 0.1) is 5.92 Å². The highest BCUT2D eigenvalue weighted by molar-refractivity contribution is 5.81. The average Bonchev–Trinajstić information content (AvgIpc) is 2.74. The van der Waals surface area contributed by atoms with Crippen molar-refractivity contribution in [3.63, 3.8) is 0 Å². The average molecular weight is 373 g/mol. The largest absolute Gasteiger partial charge is 0.492 e. The number of hydrogen-bond acceptors (Lipinski definition) is 4. The summed E-state index contributed by atoms with van der Waals surface area (Å²) in [5, 5.41) is 0. The number of carbonyl (C=O) groups is 2.